The highest BCUT2D eigenvalue weighted by molar-refractivity contribution is 5.94. The fourth-order valence-electron chi connectivity index (χ4n) is 5.11. The van der Waals surface area contributed by atoms with E-state index < -0.39 is 0 Å². The number of aryl methyl sites for hydroxylation is 1. The molecule has 0 bridgehead atoms. The standard InChI is InChI=1S/C22H33N5O3/c28-20-14-30-17(10-23-22(29)21-18-2-1-3-19(18)24-25-21)13-27(20)12-16-6-8-26(9-7-16)11-15-4-5-15/h15-17H,1-14H2,(H,23,29)(H,24,25). The predicted octanol–water partition coefficient (Wildman–Crippen LogP) is 0.978. The average Bonchev–Trinajstić information content (AvgIpc) is 3.28. The normalized spacial score (nSPS) is 25.5. The zero-order chi connectivity index (χ0) is 20.5. The maximum Gasteiger partial charge on any atom is 0.272 e. The Bertz CT molecular complexity index is 782. The van der Waals surface area contributed by atoms with Crippen molar-refractivity contribution < 1.29 is 14.3 Å². The third-order valence-electron chi connectivity index (χ3n) is 7.13. The molecular weight excluding hydrogens is 382 g/mol. The number of nitrogens with one attached hydrogen (secondary N) is 2. The zero-order valence-electron chi connectivity index (χ0n) is 17.7. The van der Waals surface area contributed by atoms with Crippen molar-refractivity contribution in [2.45, 2.75) is 51.0 Å². The van der Waals surface area contributed by atoms with Gasteiger partial charge in [0.1, 0.15) is 6.61 Å². The molecule has 2 saturated heterocycles. The van der Waals surface area contributed by atoms with Crippen molar-refractivity contribution in [3.8, 4) is 0 Å². The van der Waals surface area contributed by atoms with Crippen molar-refractivity contribution in [3.63, 3.8) is 0 Å². The maximum absolute atomic E-state index is 12.5. The number of amides is 2. The number of carbonyl (C=O) groups excluding carboxylic acids is 2. The van der Waals surface area contributed by atoms with Crippen molar-refractivity contribution in [1.29, 1.82) is 0 Å². The maximum atomic E-state index is 12.5. The second kappa shape index (κ2) is 8.67. The van der Waals surface area contributed by atoms with Gasteiger partial charge in [-0.3, -0.25) is 14.7 Å². The lowest BCUT2D eigenvalue weighted by atomic mass is 9.95. The molecule has 0 spiro atoms. The second-order valence-electron chi connectivity index (χ2n) is 9.51. The van der Waals surface area contributed by atoms with Gasteiger partial charge in [-0.15, -0.1) is 0 Å². The summed E-state index contributed by atoms with van der Waals surface area (Å²) < 4.78 is 5.70. The van der Waals surface area contributed by atoms with Crippen LogP contribution in [0.4, 0.5) is 0 Å². The molecule has 30 heavy (non-hydrogen) atoms. The van der Waals surface area contributed by atoms with E-state index in [4.69, 9.17) is 4.74 Å². The van der Waals surface area contributed by atoms with Gasteiger partial charge in [0, 0.05) is 37.4 Å². The van der Waals surface area contributed by atoms with Crippen LogP contribution in [0.3, 0.4) is 0 Å². The van der Waals surface area contributed by atoms with E-state index in [9.17, 15) is 9.59 Å². The molecule has 5 rings (SSSR count). The fourth-order valence-corrected chi connectivity index (χ4v) is 5.11. The van der Waals surface area contributed by atoms with E-state index in [0.717, 1.165) is 56.1 Å². The summed E-state index contributed by atoms with van der Waals surface area (Å²) in [5, 5.41) is 10.1. The van der Waals surface area contributed by atoms with Gasteiger partial charge in [0.15, 0.2) is 5.69 Å². The summed E-state index contributed by atoms with van der Waals surface area (Å²) in [7, 11) is 0. The van der Waals surface area contributed by atoms with E-state index in [1.54, 1.807) is 0 Å². The monoisotopic (exact) mass is 415 g/mol. The van der Waals surface area contributed by atoms with Crippen LogP contribution in [0.5, 0.6) is 0 Å². The van der Waals surface area contributed by atoms with Crippen LogP contribution in [-0.2, 0) is 22.4 Å². The Kier molecular flexibility index (Phi) is 5.78. The Hall–Kier alpha value is -1.93. The van der Waals surface area contributed by atoms with Gasteiger partial charge < -0.3 is 19.9 Å². The Labute approximate surface area is 177 Å². The first kappa shape index (κ1) is 20.0. The minimum Gasteiger partial charge on any atom is -0.365 e. The third kappa shape index (κ3) is 4.54. The molecule has 2 aliphatic heterocycles. The molecule has 0 radical (unpaired) electrons. The molecule has 0 aromatic carbocycles. The summed E-state index contributed by atoms with van der Waals surface area (Å²) in [5.41, 5.74) is 2.67. The number of aromatic amines is 1. The smallest absolute Gasteiger partial charge is 0.272 e. The molecule has 1 aromatic rings. The molecule has 2 aliphatic carbocycles. The third-order valence-corrected chi connectivity index (χ3v) is 7.13. The molecule has 2 N–H and O–H groups in total. The molecule has 1 aromatic heterocycles. The molecule has 164 valence electrons. The summed E-state index contributed by atoms with van der Waals surface area (Å²) >= 11 is 0. The Balaban J connectivity index is 1.08. The number of morpholine rings is 1. The van der Waals surface area contributed by atoms with E-state index in [2.05, 4.69) is 20.4 Å². The summed E-state index contributed by atoms with van der Waals surface area (Å²) in [6.45, 7) is 5.48. The van der Waals surface area contributed by atoms with Crippen molar-refractivity contribution in [2.24, 2.45) is 11.8 Å². The number of carbonyl (C=O) groups is 2. The number of aromatic nitrogens is 2. The van der Waals surface area contributed by atoms with Gasteiger partial charge in [0.2, 0.25) is 5.91 Å². The molecule has 8 nitrogen and oxygen atoms in total. The van der Waals surface area contributed by atoms with Crippen LogP contribution in [-0.4, -0.2) is 83.8 Å². The molecular formula is C22H33N5O3. The van der Waals surface area contributed by atoms with Crippen molar-refractivity contribution >= 4 is 11.8 Å². The molecule has 1 atom stereocenters. The number of fused-ring (bicyclic) bond motifs is 1. The lowest BCUT2D eigenvalue weighted by molar-refractivity contribution is -0.149. The highest BCUT2D eigenvalue weighted by atomic mass is 16.5. The Morgan fingerprint density at radius 1 is 1.13 bits per heavy atom. The predicted molar refractivity (Wildman–Crippen MR) is 111 cm³/mol. The van der Waals surface area contributed by atoms with Gasteiger partial charge in [-0.2, -0.15) is 5.10 Å². The van der Waals surface area contributed by atoms with Crippen LogP contribution in [0.25, 0.3) is 0 Å². The largest absolute Gasteiger partial charge is 0.365 e. The van der Waals surface area contributed by atoms with Crippen LogP contribution in [0.2, 0.25) is 0 Å². The first-order valence-electron chi connectivity index (χ1n) is 11.6. The Morgan fingerprint density at radius 3 is 2.73 bits per heavy atom. The molecule has 1 saturated carbocycles. The van der Waals surface area contributed by atoms with E-state index >= 15 is 0 Å². The van der Waals surface area contributed by atoms with Gasteiger partial charge in [0.05, 0.1) is 6.10 Å². The van der Waals surface area contributed by atoms with Crippen LogP contribution in [0, 0.1) is 11.8 Å². The summed E-state index contributed by atoms with van der Waals surface area (Å²) in [4.78, 5) is 29.5. The first-order chi connectivity index (χ1) is 14.7. The first-order valence-corrected chi connectivity index (χ1v) is 11.6. The van der Waals surface area contributed by atoms with Crippen LogP contribution in [0.15, 0.2) is 0 Å². The zero-order valence-corrected chi connectivity index (χ0v) is 17.7. The highest BCUT2D eigenvalue weighted by Crippen LogP contribution is 2.31. The number of hydrogen-bond acceptors (Lipinski definition) is 5. The Morgan fingerprint density at radius 2 is 1.93 bits per heavy atom. The molecule has 8 heteroatoms. The van der Waals surface area contributed by atoms with E-state index in [-0.39, 0.29) is 24.5 Å². The van der Waals surface area contributed by atoms with E-state index in [0.29, 0.717) is 24.7 Å². The van der Waals surface area contributed by atoms with E-state index in [1.807, 2.05) is 4.90 Å². The van der Waals surface area contributed by atoms with Gasteiger partial charge in [-0.1, -0.05) is 0 Å². The number of hydrogen-bond donors (Lipinski definition) is 2. The molecule has 4 aliphatic rings. The van der Waals surface area contributed by atoms with Crippen LogP contribution >= 0.6 is 0 Å². The van der Waals surface area contributed by atoms with Crippen molar-refractivity contribution in [2.75, 3.05) is 45.9 Å². The highest BCUT2D eigenvalue weighted by Gasteiger charge is 2.32. The summed E-state index contributed by atoms with van der Waals surface area (Å²) in [6, 6.07) is 0. The number of likely N-dealkylation sites (tertiary alicyclic amines) is 1. The molecule has 3 fully saturated rings. The number of rotatable bonds is 7. The second-order valence-corrected chi connectivity index (χ2v) is 9.51. The number of H-pyrrole nitrogens is 1. The number of nitrogens with zero attached hydrogens (tertiary/aromatic N) is 3. The van der Waals surface area contributed by atoms with Crippen molar-refractivity contribution in [1.82, 2.24) is 25.3 Å². The number of piperidine rings is 1. The average molecular weight is 416 g/mol. The van der Waals surface area contributed by atoms with Crippen LogP contribution in [0.1, 0.15) is 53.8 Å². The topological polar surface area (TPSA) is 90.6 Å². The van der Waals surface area contributed by atoms with Gasteiger partial charge in [-0.25, -0.2) is 0 Å². The minimum atomic E-state index is -0.159. The van der Waals surface area contributed by atoms with Gasteiger partial charge >= 0.3 is 0 Å². The fraction of sp³-hybridized carbons (Fsp3) is 0.773. The van der Waals surface area contributed by atoms with E-state index in [1.165, 1.54) is 32.2 Å². The molecule has 3 heterocycles. The number of ether oxygens (including phenoxy) is 1. The van der Waals surface area contributed by atoms with Gasteiger partial charge in [-0.05, 0) is 69.9 Å². The summed E-state index contributed by atoms with van der Waals surface area (Å²) in [6.07, 6.45) is 7.95. The summed E-state index contributed by atoms with van der Waals surface area (Å²) in [5.74, 6) is 1.44. The van der Waals surface area contributed by atoms with Crippen molar-refractivity contribution in [3.05, 3.63) is 17.0 Å². The molecule has 1 unspecified atom stereocenters. The SMILES string of the molecule is O=C(NCC1CN(CC2CCN(CC3CC3)CC2)C(=O)CO1)c1n[nH]c2c1CCC2. The quantitative estimate of drug-likeness (QED) is 0.693. The molecule has 2 amide bonds. The van der Waals surface area contributed by atoms with Crippen LogP contribution < -0.4 is 5.32 Å². The lowest BCUT2D eigenvalue weighted by Gasteiger charge is -2.38. The lowest BCUT2D eigenvalue weighted by Crippen LogP contribution is -2.52. The van der Waals surface area contributed by atoms with Gasteiger partial charge in [0.25, 0.3) is 5.91 Å². The minimum absolute atomic E-state index is 0.0723.